The van der Waals surface area contributed by atoms with E-state index in [9.17, 15) is 19.5 Å². The lowest BCUT2D eigenvalue weighted by atomic mass is 9.93. The summed E-state index contributed by atoms with van der Waals surface area (Å²) in [5, 5.41) is 11.5. The first-order valence-electron chi connectivity index (χ1n) is 12.8. The minimum atomic E-state index is -0.929. The van der Waals surface area contributed by atoms with Gasteiger partial charge in [-0.1, -0.05) is 33.8 Å². The summed E-state index contributed by atoms with van der Waals surface area (Å²) in [7, 11) is 1.57. The molecule has 1 fully saturated rings. The number of nitrogens with zero attached hydrogens (tertiary/aromatic N) is 2. The van der Waals surface area contributed by atoms with Gasteiger partial charge < -0.3 is 14.6 Å². The minimum absolute atomic E-state index is 0.0479. The molecular formula is C31H32N2O6. The van der Waals surface area contributed by atoms with Crippen molar-refractivity contribution in [1.29, 1.82) is 0 Å². The summed E-state index contributed by atoms with van der Waals surface area (Å²) in [4.78, 5) is 44.7. The SMILES string of the molecule is COc1ccc(/C(O)=C2/C(=O)C(=O)N(c3ccc(C(=O)OCC(C)C)cc3)C2c2cccnc2)cc1C(C)C. The normalized spacial score (nSPS) is 16.7. The van der Waals surface area contributed by atoms with Crippen molar-refractivity contribution < 1.29 is 29.0 Å². The van der Waals surface area contributed by atoms with Gasteiger partial charge in [-0.05, 0) is 71.5 Å². The summed E-state index contributed by atoms with van der Waals surface area (Å²) >= 11 is 0. The van der Waals surface area contributed by atoms with E-state index >= 15 is 0 Å². The molecule has 3 aromatic rings. The Morgan fingerprint density at radius 2 is 1.72 bits per heavy atom. The molecule has 1 unspecified atom stereocenters. The van der Waals surface area contributed by atoms with Crippen LogP contribution in [0.1, 0.15) is 66.7 Å². The third-order valence-corrected chi connectivity index (χ3v) is 6.50. The number of carbonyl (C=O) groups excluding carboxylic acids is 3. The van der Waals surface area contributed by atoms with Crippen molar-refractivity contribution in [2.45, 2.75) is 39.7 Å². The fraction of sp³-hybridized carbons (Fsp3) is 0.290. The van der Waals surface area contributed by atoms with Crippen molar-refractivity contribution in [3.63, 3.8) is 0 Å². The molecule has 8 nitrogen and oxygen atoms in total. The average Bonchev–Trinajstić information content (AvgIpc) is 3.21. The second kappa shape index (κ2) is 11.5. The Hall–Kier alpha value is -4.46. The van der Waals surface area contributed by atoms with Crippen LogP contribution in [0.5, 0.6) is 5.75 Å². The van der Waals surface area contributed by atoms with E-state index in [0.717, 1.165) is 5.56 Å². The number of rotatable bonds is 8. The molecule has 1 aromatic heterocycles. The third kappa shape index (κ3) is 5.55. The van der Waals surface area contributed by atoms with Crippen molar-refractivity contribution in [1.82, 2.24) is 4.98 Å². The minimum Gasteiger partial charge on any atom is -0.507 e. The molecule has 1 atom stereocenters. The van der Waals surface area contributed by atoms with Crippen molar-refractivity contribution >= 4 is 29.1 Å². The zero-order chi connectivity index (χ0) is 28.3. The standard InChI is InChI=1S/C31H32N2O6/c1-18(2)17-39-31(37)20-8-11-23(12-9-20)33-27(22-7-6-14-32-16-22)26(29(35)30(33)36)28(34)21-10-13-25(38-5)24(15-21)19(3)4/h6-16,18-19,27,34H,17H2,1-5H3/b28-26-. The van der Waals surface area contributed by atoms with E-state index in [0.29, 0.717) is 34.7 Å². The number of aromatic nitrogens is 1. The smallest absolute Gasteiger partial charge is 0.338 e. The molecule has 0 spiro atoms. The lowest BCUT2D eigenvalue weighted by Crippen LogP contribution is -2.29. The molecule has 0 aliphatic carbocycles. The number of esters is 1. The second-order valence-corrected chi connectivity index (χ2v) is 10.1. The number of hydrogen-bond acceptors (Lipinski definition) is 7. The van der Waals surface area contributed by atoms with Gasteiger partial charge in [0, 0.05) is 23.6 Å². The monoisotopic (exact) mass is 528 g/mol. The van der Waals surface area contributed by atoms with Crippen LogP contribution in [-0.2, 0) is 14.3 Å². The Kier molecular flexibility index (Phi) is 8.14. The molecule has 0 radical (unpaired) electrons. The molecule has 4 rings (SSSR count). The quantitative estimate of drug-likeness (QED) is 0.174. The Morgan fingerprint density at radius 1 is 1.03 bits per heavy atom. The van der Waals surface area contributed by atoms with Crippen molar-refractivity contribution in [3.8, 4) is 5.75 Å². The number of aliphatic hydroxyl groups is 1. The molecular weight excluding hydrogens is 496 g/mol. The van der Waals surface area contributed by atoms with Crippen LogP contribution in [0.4, 0.5) is 5.69 Å². The maximum atomic E-state index is 13.4. The number of aliphatic hydroxyl groups excluding tert-OH is 1. The lowest BCUT2D eigenvalue weighted by Gasteiger charge is -2.25. The van der Waals surface area contributed by atoms with Gasteiger partial charge >= 0.3 is 5.97 Å². The molecule has 0 saturated carbocycles. The molecule has 202 valence electrons. The van der Waals surface area contributed by atoms with Crippen LogP contribution >= 0.6 is 0 Å². The molecule has 2 heterocycles. The van der Waals surface area contributed by atoms with Gasteiger partial charge in [-0.25, -0.2) is 4.79 Å². The Balaban J connectivity index is 1.81. The number of Topliss-reactive ketones (excluding diaryl/α,β-unsaturated/α-hetero) is 1. The molecule has 1 N–H and O–H groups in total. The van der Waals surface area contributed by atoms with E-state index in [1.807, 2.05) is 27.7 Å². The number of benzene rings is 2. The molecule has 1 saturated heterocycles. The van der Waals surface area contributed by atoms with E-state index in [-0.39, 0.29) is 23.2 Å². The van der Waals surface area contributed by atoms with E-state index in [1.54, 1.807) is 74.1 Å². The van der Waals surface area contributed by atoms with Gasteiger partial charge in [0.25, 0.3) is 11.7 Å². The number of amides is 1. The maximum absolute atomic E-state index is 13.4. The summed E-state index contributed by atoms with van der Waals surface area (Å²) in [5.74, 6) is -1.42. The molecule has 39 heavy (non-hydrogen) atoms. The molecule has 1 amide bonds. The highest BCUT2D eigenvalue weighted by molar-refractivity contribution is 6.51. The topological polar surface area (TPSA) is 106 Å². The van der Waals surface area contributed by atoms with Crippen molar-refractivity contribution in [2.24, 2.45) is 5.92 Å². The molecule has 1 aliphatic rings. The van der Waals surface area contributed by atoms with E-state index < -0.39 is 23.7 Å². The number of anilines is 1. The van der Waals surface area contributed by atoms with E-state index in [2.05, 4.69) is 4.98 Å². The summed E-state index contributed by atoms with van der Waals surface area (Å²) in [6.07, 6.45) is 3.15. The molecule has 1 aliphatic heterocycles. The molecule has 0 bridgehead atoms. The van der Waals surface area contributed by atoms with Gasteiger partial charge in [0.2, 0.25) is 0 Å². The van der Waals surface area contributed by atoms with E-state index in [1.165, 1.54) is 4.90 Å². The van der Waals surface area contributed by atoms with Gasteiger partial charge in [-0.15, -0.1) is 0 Å². The average molecular weight is 529 g/mol. The van der Waals surface area contributed by atoms with Gasteiger partial charge in [0.05, 0.1) is 30.9 Å². The van der Waals surface area contributed by atoms with Crippen LogP contribution in [-0.4, -0.2) is 41.5 Å². The Labute approximate surface area is 227 Å². The van der Waals surface area contributed by atoms with Gasteiger partial charge in [0.15, 0.2) is 0 Å². The van der Waals surface area contributed by atoms with Gasteiger partial charge in [-0.3, -0.25) is 19.5 Å². The van der Waals surface area contributed by atoms with Crippen LogP contribution in [0.2, 0.25) is 0 Å². The summed E-state index contributed by atoms with van der Waals surface area (Å²) < 4.78 is 10.7. The fourth-order valence-electron chi connectivity index (χ4n) is 4.52. The highest BCUT2D eigenvalue weighted by Crippen LogP contribution is 2.42. The number of ether oxygens (including phenoxy) is 2. The third-order valence-electron chi connectivity index (χ3n) is 6.50. The first kappa shape index (κ1) is 27.6. The summed E-state index contributed by atoms with van der Waals surface area (Å²) in [6, 6.07) is 14.0. The predicted molar refractivity (Wildman–Crippen MR) is 148 cm³/mol. The zero-order valence-electron chi connectivity index (χ0n) is 22.7. The summed E-state index contributed by atoms with van der Waals surface area (Å²) in [5.41, 5.74) is 2.48. The van der Waals surface area contributed by atoms with Crippen molar-refractivity contribution in [3.05, 3.63) is 94.8 Å². The highest BCUT2D eigenvalue weighted by atomic mass is 16.5. The Morgan fingerprint density at radius 3 is 2.31 bits per heavy atom. The number of pyridine rings is 1. The second-order valence-electron chi connectivity index (χ2n) is 10.1. The van der Waals surface area contributed by atoms with Crippen LogP contribution in [0.3, 0.4) is 0 Å². The van der Waals surface area contributed by atoms with Crippen LogP contribution in [0.25, 0.3) is 5.76 Å². The molecule has 2 aromatic carbocycles. The van der Waals surface area contributed by atoms with Gasteiger partial charge in [0.1, 0.15) is 11.5 Å². The van der Waals surface area contributed by atoms with Crippen LogP contribution in [0.15, 0.2) is 72.6 Å². The van der Waals surface area contributed by atoms with E-state index in [4.69, 9.17) is 9.47 Å². The zero-order valence-corrected chi connectivity index (χ0v) is 22.7. The maximum Gasteiger partial charge on any atom is 0.338 e. The summed E-state index contributed by atoms with van der Waals surface area (Å²) in [6.45, 7) is 8.18. The van der Waals surface area contributed by atoms with Crippen LogP contribution in [0, 0.1) is 5.92 Å². The Bertz CT molecular complexity index is 1410. The first-order valence-corrected chi connectivity index (χ1v) is 12.8. The largest absolute Gasteiger partial charge is 0.507 e. The number of hydrogen-bond donors (Lipinski definition) is 1. The predicted octanol–water partition coefficient (Wildman–Crippen LogP) is 5.65. The number of methoxy groups -OCH3 is 1. The first-order chi connectivity index (χ1) is 18.6. The lowest BCUT2D eigenvalue weighted by molar-refractivity contribution is -0.132. The van der Waals surface area contributed by atoms with Crippen LogP contribution < -0.4 is 9.64 Å². The van der Waals surface area contributed by atoms with Gasteiger partial charge in [-0.2, -0.15) is 0 Å². The fourth-order valence-corrected chi connectivity index (χ4v) is 4.52. The number of carbonyl (C=O) groups is 3. The molecule has 8 heteroatoms. The van der Waals surface area contributed by atoms with Crippen molar-refractivity contribution in [2.75, 3.05) is 18.6 Å². The highest BCUT2D eigenvalue weighted by Gasteiger charge is 2.47. The number of ketones is 1.